The number of thioether (sulfide) groups is 1. The summed E-state index contributed by atoms with van der Waals surface area (Å²) in [5, 5.41) is 6.18. The number of amides is 2. The van der Waals surface area contributed by atoms with Crippen LogP contribution >= 0.6 is 23.1 Å². The highest BCUT2D eigenvalue weighted by Crippen LogP contribution is 2.30. The Labute approximate surface area is 160 Å². The van der Waals surface area contributed by atoms with Gasteiger partial charge in [0.1, 0.15) is 5.76 Å². The quantitative estimate of drug-likeness (QED) is 0.578. The first-order chi connectivity index (χ1) is 12.6. The summed E-state index contributed by atoms with van der Waals surface area (Å²) in [6.45, 7) is 4.54. The molecule has 0 saturated heterocycles. The zero-order valence-corrected chi connectivity index (χ0v) is 16.2. The Morgan fingerprint density at radius 1 is 1.27 bits per heavy atom. The summed E-state index contributed by atoms with van der Waals surface area (Å²) in [7, 11) is 0. The van der Waals surface area contributed by atoms with Crippen molar-refractivity contribution in [2.75, 3.05) is 5.32 Å². The molecule has 0 bridgehead atoms. The molecule has 0 radical (unpaired) electrons. The number of urea groups is 1. The molecule has 1 aromatic carbocycles. The van der Waals surface area contributed by atoms with Crippen LogP contribution < -0.4 is 10.6 Å². The first kappa shape index (κ1) is 18.5. The van der Waals surface area contributed by atoms with E-state index in [0.29, 0.717) is 23.3 Å². The van der Waals surface area contributed by atoms with Crippen LogP contribution in [0.25, 0.3) is 0 Å². The van der Waals surface area contributed by atoms with Gasteiger partial charge in [0.05, 0.1) is 22.4 Å². The lowest BCUT2D eigenvalue weighted by molar-refractivity contribution is 0.251. The van der Waals surface area contributed by atoms with Crippen LogP contribution in [0.15, 0.2) is 45.3 Å². The molecule has 8 heteroatoms. The topological polar surface area (TPSA) is 80.0 Å². The number of hydrogen-bond donors (Lipinski definition) is 2. The predicted octanol–water partition coefficient (Wildman–Crippen LogP) is 4.62. The minimum absolute atomic E-state index is 0.264. The summed E-state index contributed by atoms with van der Waals surface area (Å²) in [4.78, 5) is 20.5. The van der Waals surface area contributed by atoms with Gasteiger partial charge in [-0.15, -0.1) is 11.8 Å². The molecule has 0 aliphatic carbocycles. The minimum Gasteiger partial charge on any atom is -0.445 e. The maximum Gasteiger partial charge on any atom is 0.321 e. The average Bonchev–Trinajstić information content (AvgIpc) is 3.28. The largest absolute Gasteiger partial charge is 0.445 e. The second-order valence-electron chi connectivity index (χ2n) is 5.58. The molecule has 6 nitrogen and oxygen atoms in total. The third-order valence-electron chi connectivity index (χ3n) is 3.69. The number of oxazole rings is 1. The highest BCUT2D eigenvalue weighted by Gasteiger charge is 2.09. The van der Waals surface area contributed by atoms with Gasteiger partial charge in [-0.25, -0.2) is 14.8 Å². The van der Waals surface area contributed by atoms with Gasteiger partial charge in [-0.1, -0.05) is 42.5 Å². The van der Waals surface area contributed by atoms with E-state index in [9.17, 15) is 4.79 Å². The third-order valence-corrected chi connectivity index (χ3v) is 5.79. The van der Waals surface area contributed by atoms with Crippen molar-refractivity contribution in [3.8, 4) is 0 Å². The maximum absolute atomic E-state index is 12.0. The van der Waals surface area contributed by atoms with Gasteiger partial charge in [0.25, 0.3) is 0 Å². The second kappa shape index (κ2) is 8.86. The van der Waals surface area contributed by atoms with Crippen LogP contribution in [0.4, 0.5) is 9.93 Å². The lowest BCUT2D eigenvalue weighted by atomic mass is 10.1. The van der Waals surface area contributed by atoms with Gasteiger partial charge in [-0.3, -0.25) is 5.32 Å². The van der Waals surface area contributed by atoms with Gasteiger partial charge >= 0.3 is 6.03 Å². The number of benzene rings is 1. The number of carbonyl (C=O) groups is 1. The number of aryl methyl sites for hydroxylation is 2. The number of anilines is 1. The fourth-order valence-electron chi connectivity index (χ4n) is 2.22. The van der Waals surface area contributed by atoms with Gasteiger partial charge in [-0.2, -0.15) is 0 Å². The molecule has 2 heterocycles. The van der Waals surface area contributed by atoms with Crippen molar-refractivity contribution in [3.05, 3.63) is 59.4 Å². The standard InChI is InChI=1S/C18H20N4O2S2/c1-3-14-9-19-15(24-14)11-25-16-10-21-18(26-16)22-17(23)20-8-13-7-5-4-6-12(13)2/h4-7,9-10H,3,8,11H2,1-2H3,(H2,20,21,22,23). The highest BCUT2D eigenvalue weighted by molar-refractivity contribution is 8.00. The van der Waals surface area contributed by atoms with E-state index in [1.54, 1.807) is 24.2 Å². The Morgan fingerprint density at radius 2 is 2.12 bits per heavy atom. The van der Waals surface area contributed by atoms with E-state index >= 15 is 0 Å². The molecule has 136 valence electrons. The number of rotatable bonds is 7. The minimum atomic E-state index is -0.264. The SMILES string of the molecule is CCc1cnc(CSc2cnc(NC(=O)NCc3ccccc3C)s2)o1. The Bertz CT molecular complexity index is 875. The van der Waals surface area contributed by atoms with E-state index in [4.69, 9.17) is 4.42 Å². The highest BCUT2D eigenvalue weighted by atomic mass is 32.2. The number of nitrogens with zero attached hydrogens (tertiary/aromatic N) is 2. The van der Waals surface area contributed by atoms with Crippen LogP contribution in [0.5, 0.6) is 0 Å². The molecule has 0 fully saturated rings. The molecule has 0 aliphatic heterocycles. The molecule has 2 amide bonds. The van der Waals surface area contributed by atoms with E-state index in [-0.39, 0.29) is 6.03 Å². The predicted molar refractivity (Wildman–Crippen MR) is 105 cm³/mol. The Hall–Kier alpha value is -2.32. The van der Waals surface area contributed by atoms with Crippen molar-refractivity contribution in [2.24, 2.45) is 0 Å². The number of hydrogen-bond acceptors (Lipinski definition) is 6. The van der Waals surface area contributed by atoms with Crippen LogP contribution in [0.2, 0.25) is 0 Å². The van der Waals surface area contributed by atoms with Crippen molar-refractivity contribution >= 4 is 34.3 Å². The van der Waals surface area contributed by atoms with Crippen LogP contribution in [0.1, 0.15) is 29.7 Å². The summed E-state index contributed by atoms with van der Waals surface area (Å²) < 4.78 is 6.58. The fourth-order valence-corrected chi connectivity index (χ4v) is 3.94. The maximum atomic E-state index is 12.0. The monoisotopic (exact) mass is 388 g/mol. The smallest absolute Gasteiger partial charge is 0.321 e. The van der Waals surface area contributed by atoms with Gasteiger partial charge in [-0.05, 0) is 18.1 Å². The fraction of sp³-hybridized carbons (Fsp3) is 0.278. The molecule has 3 aromatic rings. The summed E-state index contributed by atoms with van der Waals surface area (Å²) >= 11 is 3.01. The van der Waals surface area contributed by atoms with Crippen LogP contribution in [-0.2, 0) is 18.7 Å². The van der Waals surface area contributed by atoms with Crippen molar-refractivity contribution < 1.29 is 9.21 Å². The van der Waals surface area contributed by atoms with Crippen molar-refractivity contribution in [2.45, 2.75) is 36.8 Å². The molecule has 26 heavy (non-hydrogen) atoms. The van der Waals surface area contributed by atoms with Gasteiger partial charge < -0.3 is 9.73 Å². The first-order valence-electron chi connectivity index (χ1n) is 8.25. The molecule has 3 rings (SSSR count). The van der Waals surface area contributed by atoms with Crippen molar-refractivity contribution in [1.82, 2.24) is 15.3 Å². The Kier molecular flexibility index (Phi) is 6.30. The van der Waals surface area contributed by atoms with Crippen molar-refractivity contribution in [3.63, 3.8) is 0 Å². The summed E-state index contributed by atoms with van der Waals surface area (Å²) in [6.07, 6.45) is 4.34. The normalized spacial score (nSPS) is 10.7. The van der Waals surface area contributed by atoms with Gasteiger partial charge in [0.15, 0.2) is 5.13 Å². The Morgan fingerprint density at radius 3 is 2.88 bits per heavy atom. The zero-order chi connectivity index (χ0) is 18.4. The average molecular weight is 389 g/mol. The number of carbonyl (C=O) groups excluding carboxylic acids is 1. The van der Waals surface area contributed by atoms with Crippen LogP contribution in [0, 0.1) is 6.92 Å². The van der Waals surface area contributed by atoms with Crippen LogP contribution in [-0.4, -0.2) is 16.0 Å². The van der Waals surface area contributed by atoms with E-state index in [1.165, 1.54) is 11.3 Å². The summed E-state index contributed by atoms with van der Waals surface area (Å²) in [6, 6.07) is 7.70. The van der Waals surface area contributed by atoms with E-state index in [0.717, 1.165) is 27.5 Å². The summed E-state index contributed by atoms with van der Waals surface area (Å²) in [5.74, 6) is 2.23. The molecule has 0 atom stereocenters. The third kappa shape index (κ3) is 5.09. The lowest BCUT2D eigenvalue weighted by Gasteiger charge is -2.07. The molecule has 2 N–H and O–H groups in total. The molecule has 0 aliphatic rings. The van der Waals surface area contributed by atoms with E-state index < -0.39 is 0 Å². The lowest BCUT2D eigenvalue weighted by Crippen LogP contribution is -2.28. The molecular formula is C18H20N4O2S2. The number of nitrogens with one attached hydrogen (secondary N) is 2. The number of thiazole rings is 1. The Balaban J connectivity index is 1.46. The summed E-state index contributed by atoms with van der Waals surface area (Å²) in [5.41, 5.74) is 2.24. The molecular weight excluding hydrogens is 368 g/mol. The molecule has 2 aromatic heterocycles. The zero-order valence-electron chi connectivity index (χ0n) is 14.6. The van der Waals surface area contributed by atoms with Gasteiger partial charge in [0, 0.05) is 13.0 Å². The number of aromatic nitrogens is 2. The molecule has 0 unspecified atom stereocenters. The second-order valence-corrected chi connectivity index (χ2v) is 7.89. The van der Waals surface area contributed by atoms with E-state index in [1.807, 2.05) is 38.1 Å². The molecule has 0 saturated carbocycles. The molecule has 0 spiro atoms. The van der Waals surface area contributed by atoms with E-state index in [2.05, 4.69) is 20.6 Å². The van der Waals surface area contributed by atoms with Crippen LogP contribution in [0.3, 0.4) is 0 Å². The van der Waals surface area contributed by atoms with Gasteiger partial charge in [0.2, 0.25) is 5.89 Å². The first-order valence-corrected chi connectivity index (χ1v) is 10.1. The van der Waals surface area contributed by atoms with Crippen molar-refractivity contribution in [1.29, 1.82) is 0 Å².